The van der Waals surface area contributed by atoms with Crippen LogP contribution in [0.2, 0.25) is 0 Å². The normalized spacial score (nSPS) is 20.8. The lowest BCUT2D eigenvalue weighted by atomic mass is 10.3. The van der Waals surface area contributed by atoms with Gasteiger partial charge in [0.05, 0.1) is 0 Å². The molecular weight excluding hydrogens is 332 g/mol. The summed E-state index contributed by atoms with van der Waals surface area (Å²) in [6, 6.07) is 0. The summed E-state index contributed by atoms with van der Waals surface area (Å²) in [5.74, 6) is 0. The van der Waals surface area contributed by atoms with E-state index in [9.17, 15) is 9.59 Å². The summed E-state index contributed by atoms with van der Waals surface area (Å²) in [6.07, 6.45) is 1.28. The molecule has 0 amide bonds. The van der Waals surface area contributed by atoms with Gasteiger partial charge in [-0.05, 0) is 44.7 Å². The Kier molecular flexibility index (Phi) is 3.13. The zero-order valence-electron chi connectivity index (χ0n) is 7.63. The van der Waals surface area contributed by atoms with Crippen LogP contribution < -0.4 is 11.1 Å². The minimum atomic E-state index is -0.352. The molecule has 1 fully saturated rings. The second kappa shape index (κ2) is 4.23. The summed E-state index contributed by atoms with van der Waals surface area (Å²) in [5, 5.41) is 2.47. The lowest BCUT2D eigenvalue weighted by molar-refractivity contribution is 0.0418. The van der Waals surface area contributed by atoms with E-state index in [0.717, 1.165) is 12.8 Å². The first kappa shape index (κ1) is 11.1. The van der Waals surface area contributed by atoms with Crippen molar-refractivity contribution in [3.05, 3.63) is 29.7 Å². The van der Waals surface area contributed by atoms with E-state index in [1.165, 1.54) is 4.68 Å². The number of nitrogens with zero attached hydrogens (tertiary/aromatic N) is 1. The highest BCUT2D eigenvalue weighted by Crippen LogP contribution is 2.21. The molecule has 1 aromatic heterocycles. The summed E-state index contributed by atoms with van der Waals surface area (Å²) in [5.41, 5.74) is -0.648. The van der Waals surface area contributed by atoms with Crippen molar-refractivity contribution in [3.8, 4) is 0 Å². The van der Waals surface area contributed by atoms with Crippen molar-refractivity contribution < 1.29 is 4.74 Å². The number of hydrogen-bond acceptors (Lipinski definition) is 3. The topological polar surface area (TPSA) is 64.1 Å². The fourth-order valence-corrected chi connectivity index (χ4v) is 2.10. The molecule has 15 heavy (non-hydrogen) atoms. The van der Waals surface area contributed by atoms with Crippen molar-refractivity contribution in [1.82, 2.24) is 9.78 Å². The standard InChI is InChI=1S/C8H8Br2N2O3/c9-5-6(10)8(14)12(11-7(5)13)4-2-1-3-15-4/h4H,1-3H2,(H,11,13). The van der Waals surface area contributed by atoms with Crippen LogP contribution in [0.25, 0.3) is 0 Å². The van der Waals surface area contributed by atoms with Crippen LogP contribution in [0, 0.1) is 0 Å². The first-order valence-electron chi connectivity index (χ1n) is 4.42. The summed E-state index contributed by atoms with van der Waals surface area (Å²) in [6.45, 7) is 0.618. The largest absolute Gasteiger partial charge is 0.356 e. The molecule has 82 valence electrons. The minimum absolute atomic E-state index is 0.210. The number of aromatic nitrogens is 2. The Labute approximate surface area is 102 Å². The summed E-state index contributed by atoms with van der Waals surface area (Å²) in [7, 11) is 0. The fraction of sp³-hybridized carbons (Fsp3) is 0.500. The smallest absolute Gasteiger partial charge is 0.283 e. The first-order chi connectivity index (χ1) is 7.11. The zero-order chi connectivity index (χ0) is 11.0. The van der Waals surface area contributed by atoms with Gasteiger partial charge in [0.25, 0.3) is 11.1 Å². The number of ether oxygens (including phenoxy) is 1. The second-order valence-electron chi connectivity index (χ2n) is 3.21. The van der Waals surface area contributed by atoms with Crippen molar-refractivity contribution in [2.75, 3.05) is 6.61 Å². The van der Waals surface area contributed by atoms with Crippen LogP contribution in [0.4, 0.5) is 0 Å². The summed E-state index contributed by atoms with van der Waals surface area (Å²) < 4.78 is 6.99. The lowest BCUT2D eigenvalue weighted by Gasteiger charge is -2.12. The molecule has 0 radical (unpaired) electrons. The average molecular weight is 340 g/mol. The van der Waals surface area contributed by atoms with Crippen LogP contribution >= 0.6 is 31.9 Å². The molecule has 0 saturated carbocycles. The van der Waals surface area contributed by atoms with Crippen LogP contribution in [-0.4, -0.2) is 16.4 Å². The van der Waals surface area contributed by atoms with Gasteiger partial charge in [0.2, 0.25) is 0 Å². The van der Waals surface area contributed by atoms with Crippen LogP contribution in [-0.2, 0) is 4.74 Å². The van der Waals surface area contributed by atoms with Crippen molar-refractivity contribution in [3.63, 3.8) is 0 Å². The Morgan fingerprint density at radius 3 is 2.67 bits per heavy atom. The maximum atomic E-state index is 11.8. The number of halogens is 2. The molecule has 0 aromatic carbocycles. The first-order valence-corrected chi connectivity index (χ1v) is 6.01. The Morgan fingerprint density at radius 1 is 1.33 bits per heavy atom. The van der Waals surface area contributed by atoms with Gasteiger partial charge in [0.15, 0.2) is 6.23 Å². The third-order valence-corrected chi connectivity index (χ3v) is 4.24. The molecule has 7 heteroatoms. The van der Waals surface area contributed by atoms with Gasteiger partial charge >= 0.3 is 0 Å². The highest BCUT2D eigenvalue weighted by atomic mass is 79.9. The molecule has 0 spiro atoms. The molecule has 1 unspecified atom stereocenters. The number of rotatable bonds is 1. The van der Waals surface area contributed by atoms with Crippen LogP contribution in [0.5, 0.6) is 0 Å². The molecule has 5 nitrogen and oxygen atoms in total. The molecule has 2 heterocycles. The Morgan fingerprint density at radius 2 is 2.07 bits per heavy atom. The van der Waals surface area contributed by atoms with Crippen molar-refractivity contribution >= 4 is 31.9 Å². The zero-order valence-corrected chi connectivity index (χ0v) is 10.8. The van der Waals surface area contributed by atoms with Crippen LogP contribution in [0.3, 0.4) is 0 Å². The van der Waals surface area contributed by atoms with Gasteiger partial charge in [-0.15, -0.1) is 0 Å². The highest BCUT2D eigenvalue weighted by molar-refractivity contribution is 9.13. The van der Waals surface area contributed by atoms with Gasteiger partial charge in [-0.2, -0.15) is 0 Å². The van der Waals surface area contributed by atoms with Gasteiger partial charge in [-0.1, -0.05) is 0 Å². The molecule has 0 bridgehead atoms. The third-order valence-electron chi connectivity index (χ3n) is 2.21. The summed E-state index contributed by atoms with van der Waals surface area (Å²) >= 11 is 6.10. The Balaban J connectivity index is 2.57. The van der Waals surface area contributed by atoms with Gasteiger partial charge in [0.1, 0.15) is 8.95 Å². The SMILES string of the molecule is O=c1[nH]n(C2CCCO2)c(=O)c(Br)c1Br. The van der Waals surface area contributed by atoms with Gasteiger partial charge in [-0.25, -0.2) is 4.68 Å². The number of H-pyrrole nitrogens is 1. The van der Waals surface area contributed by atoms with Gasteiger partial charge in [0, 0.05) is 6.61 Å². The molecule has 1 atom stereocenters. The Hall–Kier alpha value is -0.400. The molecule has 0 aliphatic carbocycles. The summed E-state index contributed by atoms with van der Waals surface area (Å²) in [4.78, 5) is 23.2. The highest BCUT2D eigenvalue weighted by Gasteiger charge is 2.21. The number of aromatic amines is 1. The van der Waals surface area contributed by atoms with E-state index in [1.54, 1.807) is 0 Å². The molecular formula is C8H8Br2N2O3. The monoisotopic (exact) mass is 338 g/mol. The maximum absolute atomic E-state index is 11.8. The van der Waals surface area contributed by atoms with Crippen LogP contribution in [0.1, 0.15) is 19.1 Å². The molecule has 1 aliphatic rings. The molecule has 1 saturated heterocycles. The molecule has 1 aromatic rings. The molecule has 2 rings (SSSR count). The molecule has 1 N–H and O–H groups in total. The predicted molar refractivity (Wildman–Crippen MR) is 60.9 cm³/mol. The van der Waals surface area contributed by atoms with Crippen molar-refractivity contribution in [2.24, 2.45) is 0 Å². The Bertz CT molecular complexity index is 488. The van der Waals surface area contributed by atoms with E-state index in [4.69, 9.17) is 4.74 Å². The average Bonchev–Trinajstić information content (AvgIpc) is 2.73. The van der Waals surface area contributed by atoms with E-state index < -0.39 is 0 Å². The van der Waals surface area contributed by atoms with Gasteiger partial charge in [-0.3, -0.25) is 14.7 Å². The maximum Gasteiger partial charge on any atom is 0.283 e. The van der Waals surface area contributed by atoms with Gasteiger partial charge < -0.3 is 4.74 Å². The van der Waals surface area contributed by atoms with E-state index >= 15 is 0 Å². The van der Waals surface area contributed by atoms with E-state index in [1.807, 2.05) is 0 Å². The fourth-order valence-electron chi connectivity index (χ4n) is 1.48. The third kappa shape index (κ3) is 1.95. The lowest BCUT2D eigenvalue weighted by Crippen LogP contribution is -2.33. The minimum Gasteiger partial charge on any atom is -0.356 e. The van der Waals surface area contributed by atoms with E-state index in [2.05, 4.69) is 37.0 Å². The van der Waals surface area contributed by atoms with Crippen molar-refractivity contribution in [2.45, 2.75) is 19.1 Å². The number of nitrogens with one attached hydrogen (secondary N) is 1. The van der Waals surface area contributed by atoms with E-state index in [-0.39, 0.29) is 26.3 Å². The predicted octanol–water partition coefficient (Wildman–Crippen LogP) is 1.37. The quantitative estimate of drug-likeness (QED) is 0.840. The molecule has 1 aliphatic heterocycles. The number of hydrogen-bond donors (Lipinski definition) is 1. The second-order valence-corrected chi connectivity index (χ2v) is 4.80. The van der Waals surface area contributed by atoms with E-state index in [0.29, 0.717) is 6.61 Å². The van der Waals surface area contributed by atoms with Crippen molar-refractivity contribution in [1.29, 1.82) is 0 Å². The van der Waals surface area contributed by atoms with Crippen LogP contribution in [0.15, 0.2) is 18.5 Å².